The number of aromatic nitrogens is 3. The lowest BCUT2D eigenvalue weighted by molar-refractivity contribution is 0.163. The predicted octanol–water partition coefficient (Wildman–Crippen LogP) is 4.10. The first-order chi connectivity index (χ1) is 14.8. The lowest BCUT2D eigenvalue weighted by atomic mass is 10.0. The molecule has 8 heteroatoms. The molecule has 0 radical (unpaired) electrons. The number of thiazole rings is 1. The van der Waals surface area contributed by atoms with E-state index in [2.05, 4.69) is 44.2 Å². The zero-order valence-corrected chi connectivity index (χ0v) is 18.1. The topological polar surface area (TPSA) is 55.2 Å². The van der Waals surface area contributed by atoms with Crippen LogP contribution in [0.5, 0.6) is 0 Å². The monoisotopic (exact) mass is 435 g/mol. The Kier molecular flexibility index (Phi) is 5.20. The van der Waals surface area contributed by atoms with Crippen molar-refractivity contribution in [1.82, 2.24) is 24.8 Å². The van der Waals surface area contributed by atoms with Crippen LogP contribution in [0.1, 0.15) is 23.5 Å². The summed E-state index contributed by atoms with van der Waals surface area (Å²) in [7, 11) is 1.71. The molecule has 1 N–H and O–H groups in total. The van der Waals surface area contributed by atoms with Gasteiger partial charge in [0.15, 0.2) is 10.2 Å². The standard InChI is InChI=1S/C22H21N5OS2/c1-28-14-13-27-20(19(25-21(27)29)16-8-4-5-11-23-16)17-9-6-12-26(17)22-24-15-7-2-3-10-18(15)30-22/h2-12,19-20H,13-14H2,1H3,(H,25,29)/t19-,20+/m0/s1. The Morgan fingerprint density at radius 1 is 1.13 bits per heavy atom. The molecule has 30 heavy (non-hydrogen) atoms. The number of ether oxygens (including phenoxy) is 1. The molecular formula is C22H21N5OS2. The molecule has 1 aliphatic rings. The van der Waals surface area contributed by atoms with E-state index >= 15 is 0 Å². The summed E-state index contributed by atoms with van der Waals surface area (Å²) in [4.78, 5) is 11.7. The van der Waals surface area contributed by atoms with Gasteiger partial charge in [-0.15, -0.1) is 0 Å². The number of pyridine rings is 1. The van der Waals surface area contributed by atoms with Gasteiger partial charge in [0.25, 0.3) is 0 Å². The van der Waals surface area contributed by atoms with Crippen LogP contribution in [0.3, 0.4) is 0 Å². The molecule has 1 fully saturated rings. The summed E-state index contributed by atoms with van der Waals surface area (Å²) < 4.78 is 8.69. The van der Waals surface area contributed by atoms with Crippen molar-refractivity contribution in [2.75, 3.05) is 20.3 Å². The number of thiocarbonyl (C=S) groups is 1. The summed E-state index contributed by atoms with van der Waals surface area (Å²) in [6.07, 6.45) is 3.89. The molecule has 1 aliphatic heterocycles. The van der Waals surface area contributed by atoms with Gasteiger partial charge in [0, 0.05) is 26.0 Å². The summed E-state index contributed by atoms with van der Waals surface area (Å²) >= 11 is 7.39. The first-order valence-corrected chi connectivity index (χ1v) is 11.0. The summed E-state index contributed by atoms with van der Waals surface area (Å²) in [5, 5.41) is 5.14. The van der Waals surface area contributed by atoms with E-state index < -0.39 is 0 Å². The van der Waals surface area contributed by atoms with Crippen molar-refractivity contribution in [2.45, 2.75) is 12.1 Å². The second-order valence-corrected chi connectivity index (χ2v) is 8.48. The lowest BCUT2D eigenvalue weighted by Gasteiger charge is -2.28. The van der Waals surface area contributed by atoms with Gasteiger partial charge in [-0.2, -0.15) is 0 Å². The summed E-state index contributed by atoms with van der Waals surface area (Å²) in [6, 6.07) is 18.3. The number of nitrogens with zero attached hydrogens (tertiary/aromatic N) is 4. The molecule has 0 spiro atoms. The third-order valence-corrected chi connectivity index (χ3v) is 6.69. The second-order valence-electron chi connectivity index (χ2n) is 7.08. The molecule has 0 amide bonds. The maximum Gasteiger partial charge on any atom is 0.194 e. The predicted molar refractivity (Wildman–Crippen MR) is 123 cm³/mol. The average molecular weight is 436 g/mol. The van der Waals surface area contributed by atoms with Crippen LogP contribution in [-0.2, 0) is 4.74 Å². The van der Waals surface area contributed by atoms with Gasteiger partial charge in [-0.1, -0.05) is 29.5 Å². The van der Waals surface area contributed by atoms with Crippen LogP contribution in [0, 0.1) is 0 Å². The van der Waals surface area contributed by atoms with Crippen molar-refractivity contribution in [1.29, 1.82) is 0 Å². The molecule has 1 aromatic carbocycles. The summed E-state index contributed by atoms with van der Waals surface area (Å²) in [5.74, 6) is 0. The Morgan fingerprint density at radius 3 is 2.80 bits per heavy atom. The maximum absolute atomic E-state index is 5.70. The maximum atomic E-state index is 5.70. The minimum absolute atomic E-state index is 0.0236. The van der Waals surface area contributed by atoms with E-state index in [1.54, 1.807) is 18.4 Å². The number of rotatable bonds is 6. The molecule has 0 bridgehead atoms. The van der Waals surface area contributed by atoms with Gasteiger partial charge < -0.3 is 15.0 Å². The molecule has 1 saturated heterocycles. The number of hydrogen-bond acceptors (Lipinski definition) is 5. The van der Waals surface area contributed by atoms with Crippen molar-refractivity contribution >= 4 is 38.9 Å². The highest BCUT2D eigenvalue weighted by atomic mass is 32.1. The van der Waals surface area contributed by atoms with Crippen LogP contribution in [0.4, 0.5) is 0 Å². The van der Waals surface area contributed by atoms with E-state index in [-0.39, 0.29) is 12.1 Å². The van der Waals surface area contributed by atoms with Gasteiger partial charge in [-0.25, -0.2) is 4.98 Å². The van der Waals surface area contributed by atoms with E-state index in [9.17, 15) is 0 Å². The van der Waals surface area contributed by atoms with E-state index in [4.69, 9.17) is 21.9 Å². The smallest absolute Gasteiger partial charge is 0.194 e. The van der Waals surface area contributed by atoms with Crippen LogP contribution in [-0.4, -0.2) is 44.8 Å². The Balaban J connectivity index is 1.60. The highest BCUT2D eigenvalue weighted by Crippen LogP contribution is 2.40. The van der Waals surface area contributed by atoms with Crippen molar-refractivity contribution in [2.24, 2.45) is 0 Å². The SMILES string of the molecule is COCCN1C(=S)N[C@@H](c2ccccn2)[C@H]1c1cccn1-c1nc2ccccc2s1. The number of para-hydroxylation sites is 1. The van der Waals surface area contributed by atoms with Gasteiger partial charge in [-0.3, -0.25) is 9.55 Å². The molecule has 4 heterocycles. The van der Waals surface area contributed by atoms with Crippen molar-refractivity contribution < 1.29 is 4.74 Å². The minimum Gasteiger partial charge on any atom is -0.383 e. The number of fused-ring (bicyclic) bond motifs is 1. The Bertz CT molecular complexity index is 1140. The molecule has 0 unspecified atom stereocenters. The molecule has 0 saturated carbocycles. The lowest BCUT2D eigenvalue weighted by Crippen LogP contribution is -2.33. The van der Waals surface area contributed by atoms with Crippen LogP contribution in [0.15, 0.2) is 67.0 Å². The molecular weight excluding hydrogens is 414 g/mol. The Hall–Kier alpha value is -2.81. The van der Waals surface area contributed by atoms with Gasteiger partial charge in [0.2, 0.25) is 0 Å². The summed E-state index contributed by atoms with van der Waals surface area (Å²) in [6.45, 7) is 1.29. The van der Waals surface area contributed by atoms with E-state index in [1.807, 2.05) is 42.6 Å². The number of hydrogen-bond donors (Lipinski definition) is 1. The highest BCUT2D eigenvalue weighted by molar-refractivity contribution is 7.80. The van der Waals surface area contributed by atoms with E-state index in [0.29, 0.717) is 18.3 Å². The first-order valence-electron chi connectivity index (χ1n) is 9.76. The van der Waals surface area contributed by atoms with Crippen LogP contribution in [0.25, 0.3) is 15.3 Å². The average Bonchev–Trinajstić information content (AvgIpc) is 3.49. The minimum atomic E-state index is -0.0569. The molecule has 152 valence electrons. The Labute approximate surface area is 184 Å². The number of nitrogens with one attached hydrogen (secondary N) is 1. The van der Waals surface area contributed by atoms with Crippen molar-refractivity contribution in [3.05, 3.63) is 78.4 Å². The first kappa shape index (κ1) is 19.2. The van der Waals surface area contributed by atoms with Gasteiger partial charge in [-0.05, 0) is 48.6 Å². The fraction of sp³-hybridized carbons (Fsp3) is 0.227. The number of methoxy groups -OCH3 is 1. The molecule has 0 aliphatic carbocycles. The molecule has 2 atom stereocenters. The molecule has 6 nitrogen and oxygen atoms in total. The van der Waals surface area contributed by atoms with Crippen molar-refractivity contribution in [3.63, 3.8) is 0 Å². The quantitative estimate of drug-likeness (QED) is 0.460. The normalized spacial score (nSPS) is 18.8. The zero-order valence-electron chi connectivity index (χ0n) is 16.4. The number of benzene rings is 1. The fourth-order valence-corrected chi connectivity index (χ4v) is 5.23. The molecule has 3 aromatic heterocycles. The molecule has 5 rings (SSSR count). The molecule has 4 aromatic rings. The third kappa shape index (κ3) is 3.36. The second kappa shape index (κ2) is 8.14. The fourth-order valence-electron chi connectivity index (χ4n) is 3.93. The Morgan fingerprint density at radius 2 is 2.00 bits per heavy atom. The van der Waals surface area contributed by atoms with Crippen LogP contribution >= 0.6 is 23.6 Å². The third-order valence-electron chi connectivity index (χ3n) is 5.31. The zero-order chi connectivity index (χ0) is 20.5. The van der Waals surface area contributed by atoms with Gasteiger partial charge in [0.1, 0.15) is 0 Å². The van der Waals surface area contributed by atoms with Crippen LogP contribution in [0.2, 0.25) is 0 Å². The van der Waals surface area contributed by atoms with Gasteiger partial charge in [0.05, 0.1) is 40.3 Å². The van der Waals surface area contributed by atoms with E-state index in [0.717, 1.165) is 22.0 Å². The van der Waals surface area contributed by atoms with Gasteiger partial charge >= 0.3 is 0 Å². The highest BCUT2D eigenvalue weighted by Gasteiger charge is 2.41. The summed E-state index contributed by atoms with van der Waals surface area (Å²) in [5.41, 5.74) is 3.09. The van der Waals surface area contributed by atoms with E-state index in [1.165, 1.54) is 4.70 Å². The van der Waals surface area contributed by atoms with Crippen molar-refractivity contribution in [3.8, 4) is 5.13 Å². The largest absolute Gasteiger partial charge is 0.383 e. The van der Waals surface area contributed by atoms with Crippen LogP contribution < -0.4 is 5.32 Å².